The first kappa shape index (κ1) is 18.4. The molecule has 0 radical (unpaired) electrons. The first-order valence-corrected chi connectivity index (χ1v) is 9.21. The smallest absolute Gasteiger partial charge is 0.409 e. The average molecular weight is 385 g/mol. The Labute approximate surface area is 168 Å². The zero-order valence-corrected chi connectivity index (χ0v) is 15.5. The molecule has 1 aliphatic heterocycles. The van der Waals surface area contributed by atoms with Crippen LogP contribution < -0.4 is 10.6 Å². The summed E-state index contributed by atoms with van der Waals surface area (Å²) in [5.41, 5.74) is 3.75. The van der Waals surface area contributed by atoms with E-state index in [4.69, 9.17) is 4.74 Å². The molecule has 0 saturated heterocycles. The summed E-state index contributed by atoms with van der Waals surface area (Å²) in [5, 5.41) is 5.38. The lowest BCUT2D eigenvalue weighted by Gasteiger charge is -2.13. The van der Waals surface area contributed by atoms with Crippen LogP contribution in [0.5, 0.6) is 0 Å². The number of carbonyl (C=O) groups is 2. The van der Waals surface area contributed by atoms with Gasteiger partial charge >= 0.3 is 6.09 Å². The van der Waals surface area contributed by atoms with Crippen LogP contribution in [-0.2, 0) is 16.1 Å². The summed E-state index contributed by atoms with van der Waals surface area (Å²) in [5.74, 6) is -0.431. The third-order valence-corrected chi connectivity index (χ3v) is 4.46. The van der Waals surface area contributed by atoms with E-state index in [9.17, 15) is 9.59 Å². The second kappa shape index (κ2) is 8.39. The van der Waals surface area contributed by atoms with Gasteiger partial charge in [-0.05, 0) is 11.6 Å². The maximum absolute atomic E-state index is 12.7. The van der Waals surface area contributed by atoms with Crippen molar-refractivity contribution in [2.24, 2.45) is 4.99 Å². The van der Waals surface area contributed by atoms with Gasteiger partial charge in [-0.3, -0.25) is 10.1 Å². The number of benzene rings is 3. The molecule has 29 heavy (non-hydrogen) atoms. The van der Waals surface area contributed by atoms with Gasteiger partial charge in [0, 0.05) is 11.1 Å². The average Bonchev–Trinajstić information content (AvgIpc) is 2.90. The van der Waals surface area contributed by atoms with Crippen LogP contribution in [0.2, 0.25) is 0 Å². The zero-order chi connectivity index (χ0) is 20.1. The Balaban J connectivity index is 1.58. The number of hydrogen-bond donors (Lipinski definition) is 2. The Morgan fingerprint density at radius 1 is 0.931 bits per heavy atom. The number of hydrogen-bond acceptors (Lipinski definition) is 4. The van der Waals surface area contributed by atoms with E-state index in [-0.39, 0.29) is 6.61 Å². The Bertz CT molecular complexity index is 1050. The van der Waals surface area contributed by atoms with E-state index in [1.807, 2.05) is 84.9 Å². The molecule has 0 aromatic heterocycles. The van der Waals surface area contributed by atoms with E-state index in [1.54, 1.807) is 0 Å². The number of ether oxygens (including phenoxy) is 1. The third kappa shape index (κ3) is 4.32. The van der Waals surface area contributed by atoms with Crippen molar-refractivity contribution in [2.45, 2.75) is 12.8 Å². The number of nitrogens with zero attached hydrogens (tertiary/aromatic N) is 1. The second-order valence-corrected chi connectivity index (χ2v) is 6.49. The number of carbonyl (C=O) groups excluding carboxylic acids is 2. The van der Waals surface area contributed by atoms with E-state index >= 15 is 0 Å². The fourth-order valence-electron chi connectivity index (χ4n) is 3.06. The van der Waals surface area contributed by atoms with Crippen LogP contribution in [-0.4, -0.2) is 23.9 Å². The number of aliphatic imine (C=N–C) groups is 1. The van der Waals surface area contributed by atoms with Gasteiger partial charge in [-0.25, -0.2) is 9.79 Å². The minimum Gasteiger partial charge on any atom is -0.445 e. The summed E-state index contributed by atoms with van der Waals surface area (Å²) in [7, 11) is 0. The van der Waals surface area contributed by atoms with Gasteiger partial charge in [0.05, 0.1) is 11.4 Å². The molecule has 6 heteroatoms. The summed E-state index contributed by atoms with van der Waals surface area (Å²) < 4.78 is 5.24. The number of anilines is 1. The van der Waals surface area contributed by atoms with E-state index in [2.05, 4.69) is 15.6 Å². The van der Waals surface area contributed by atoms with Gasteiger partial charge in [-0.1, -0.05) is 78.9 Å². The molecule has 1 atom stereocenters. The molecule has 6 nitrogen and oxygen atoms in total. The van der Waals surface area contributed by atoms with Gasteiger partial charge in [0.2, 0.25) is 6.17 Å². The van der Waals surface area contributed by atoms with Gasteiger partial charge in [-0.2, -0.15) is 0 Å². The van der Waals surface area contributed by atoms with Gasteiger partial charge in [0.1, 0.15) is 6.61 Å². The summed E-state index contributed by atoms with van der Waals surface area (Å²) >= 11 is 0. The van der Waals surface area contributed by atoms with Crippen molar-refractivity contribution in [3.05, 3.63) is 102 Å². The maximum Gasteiger partial charge on any atom is 0.409 e. The van der Waals surface area contributed by atoms with Crippen molar-refractivity contribution in [3.63, 3.8) is 0 Å². The van der Waals surface area contributed by atoms with Crippen LogP contribution >= 0.6 is 0 Å². The number of nitrogens with one attached hydrogen (secondary N) is 2. The van der Waals surface area contributed by atoms with Crippen LogP contribution in [0.3, 0.4) is 0 Å². The Hall–Kier alpha value is -3.93. The topological polar surface area (TPSA) is 79.8 Å². The number of rotatable bonds is 4. The highest BCUT2D eigenvalue weighted by atomic mass is 16.5. The van der Waals surface area contributed by atoms with Crippen molar-refractivity contribution >= 4 is 23.4 Å². The highest BCUT2D eigenvalue weighted by Crippen LogP contribution is 2.23. The van der Waals surface area contributed by atoms with Crippen LogP contribution in [0.15, 0.2) is 89.9 Å². The molecule has 2 amide bonds. The number of amides is 2. The van der Waals surface area contributed by atoms with Crippen LogP contribution in [0.25, 0.3) is 0 Å². The molecule has 3 aromatic carbocycles. The molecular formula is C23H19N3O3. The standard InChI is InChI=1S/C23H19N3O3/c27-22-21(26-23(28)29-15-16-9-3-1-4-10-16)25-20(17-11-5-2-6-12-17)18-13-7-8-14-19(18)24-22/h1-14,21H,15H2,(H,24,27)(H,26,28)/t21-/m0/s1. The summed E-state index contributed by atoms with van der Waals surface area (Å²) in [6, 6.07) is 26.3. The van der Waals surface area contributed by atoms with Gasteiger partial charge in [0.25, 0.3) is 5.91 Å². The van der Waals surface area contributed by atoms with Gasteiger partial charge < -0.3 is 10.1 Å². The second-order valence-electron chi connectivity index (χ2n) is 6.49. The molecule has 0 bridgehead atoms. The largest absolute Gasteiger partial charge is 0.445 e. The highest BCUT2D eigenvalue weighted by Gasteiger charge is 2.27. The Morgan fingerprint density at radius 2 is 1.59 bits per heavy atom. The molecule has 3 aromatic rings. The molecule has 0 unspecified atom stereocenters. The maximum atomic E-state index is 12.7. The first-order valence-electron chi connectivity index (χ1n) is 9.21. The van der Waals surface area contributed by atoms with Crippen molar-refractivity contribution in [2.75, 3.05) is 5.32 Å². The highest BCUT2D eigenvalue weighted by molar-refractivity contribution is 6.19. The Morgan fingerprint density at radius 3 is 2.34 bits per heavy atom. The number of fused-ring (bicyclic) bond motifs is 1. The number of para-hydroxylation sites is 1. The Kier molecular flexibility index (Phi) is 5.33. The molecule has 144 valence electrons. The molecule has 4 rings (SSSR count). The summed E-state index contributed by atoms with van der Waals surface area (Å²) in [4.78, 5) is 29.5. The van der Waals surface area contributed by atoms with Crippen LogP contribution in [0.4, 0.5) is 10.5 Å². The van der Waals surface area contributed by atoms with E-state index in [1.165, 1.54) is 0 Å². The van der Waals surface area contributed by atoms with E-state index in [0.717, 1.165) is 16.7 Å². The van der Waals surface area contributed by atoms with Crippen molar-refractivity contribution in [1.82, 2.24) is 5.32 Å². The zero-order valence-electron chi connectivity index (χ0n) is 15.5. The molecule has 1 aliphatic rings. The van der Waals surface area contributed by atoms with Crippen LogP contribution in [0, 0.1) is 0 Å². The summed E-state index contributed by atoms with van der Waals surface area (Å²) in [6.07, 6.45) is -1.82. The quantitative estimate of drug-likeness (QED) is 0.718. The third-order valence-electron chi connectivity index (χ3n) is 4.46. The predicted molar refractivity (Wildman–Crippen MR) is 111 cm³/mol. The van der Waals surface area contributed by atoms with E-state index < -0.39 is 18.2 Å². The fraction of sp³-hybridized carbons (Fsp3) is 0.0870. The molecule has 0 saturated carbocycles. The van der Waals surface area contributed by atoms with Crippen molar-refractivity contribution < 1.29 is 14.3 Å². The van der Waals surface area contributed by atoms with Gasteiger partial charge in [0.15, 0.2) is 0 Å². The SMILES string of the molecule is O=C(N[C@@H]1N=C(c2ccccc2)c2ccccc2NC1=O)OCc1ccccc1. The molecular weight excluding hydrogens is 366 g/mol. The van der Waals surface area contributed by atoms with Gasteiger partial charge in [-0.15, -0.1) is 0 Å². The number of alkyl carbamates (subject to hydrolysis) is 1. The van der Waals surface area contributed by atoms with Crippen molar-refractivity contribution in [3.8, 4) is 0 Å². The lowest BCUT2D eigenvalue weighted by Crippen LogP contribution is -2.42. The lowest BCUT2D eigenvalue weighted by molar-refractivity contribution is -0.117. The van der Waals surface area contributed by atoms with Crippen LogP contribution in [0.1, 0.15) is 16.7 Å². The molecule has 1 heterocycles. The molecule has 0 fully saturated rings. The molecule has 0 aliphatic carbocycles. The molecule has 2 N–H and O–H groups in total. The summed E-state index contributed by atoms with van der Waals surface area (Å²) in [6.45, 7) is 0.108. The minimum absolute atomic E-state index is 0.108. The lowest BCUT2D eigenvalue weighted by atomic mass is 10.0. The predicted octanol–water partition coefficient (Wildman–Crippen LogP) is 3.73. The van der Waals surface area contributed by atoms with E-state index in [0.29, 0.717) is 11.4 Å². The van der Waals surface area contributed by atoms with Crippen molar-refractivity contribution in [1.29, 1.82) is 0 Å². The fourth-order valence-corrected chi connectivity index (χ4v) is 3.06. The first-order chi connectivity index (χ1) is 14.2. The molecule has 0 spiro atoms. The minimum atomic E-state index is -1.11. The monoisotopic (exact) mass is 385 g/mol. The normalized spacial score (nSPS) is 15.4. The number of benzodiazepines with no additional fused rings is 1.